The van der Waals surface area contributed by atoms with Crippen LogP contribution in [0.5, 0.6) is 0 Å². The molecule has 0 saturated carbocycles. The third-order valence-corrected chi connectivity index (χ3v) is 3.09. The molecule has 21 heavy (non-hydrogen) atoms. The Labute approximate surface area is 124 Å². The molecule has 0 saturated heterocycles. The Morgan fingerprint density at radius 1 is 1.14 bits per heavy atom. The fourth-order valence-electron chi connectivity index (χ4n) is 1.76. The Hall–Kier alpha value is -1.47. The number of esters is 1. The molecular formula is C15H23NO5. The number of rotatable bonds is 10. The van der Waals surface area contributed by atoms with Gasteiger partial charge in [0.15, 0.2) is 0 Å². The Morgan fingerprint density at radius 2 is 1.86 bits per heavy atom. The van der Waals surface area contributed by atoms with Gasteiger partial charge in [0.25, 0.3) is 0 Å². The SMILES string of the molecule is NC(CO)(CCc1ccccc1)C(=O)OCCOCCO. The van der Waals surface area contributed by atoms with Gasteiger partial charge in [-0.2, -0.15) is 0 Å². The van der Waals surface area contributed by atoms with Crippen LogP contribution in [0.1, 0.15) is 12.0 Å². The molecule has 0 amide bonds. The summed E-state index contributed by atoms with van der Waals surface area (Å²) >= 11 is 0. The van der Waals surface area contributed by atoms with Gasteiger partial charge in [-0.25, -0.2) is 4.79 Å². The van der Waals surface area contributed by atoms with Crippen LogP contribution in [-0.2, 0) is 20.7 Å². The summed E-state index contributed by atoms with van der Waals surface area (Å²) in [6.45, 7) is -0.131. The molecule has 0 aliphatic rings. The molecule has 1 atom stereocenters. The fourth-order valence-corrected chi connectivity index (χ4v) is 1.76. The van der Waals surface area contributed by atoms with E-state index in [4.69, 9.17) is 20.3 Å². The first kappa shape index (κ1) is 17.6. The van der Waals surface area contributed by atoms with Gasteiger partial charge in [0.05, 0.1) is 26.4 Å². The van der Waals surface area contributed by atoms with Crippen molar-refractivity contribution in [1.29, 1.82) is 0 Å². The van der Waals surface area contributed by atoms with Crippen LogP contribution in [0.3, 0.4) is 0 Å². The molecule has 4 N–H and O–H groups in total. The summed E-state index contributed by atoms with van der Waals surface area (Å²) in [5.74, 6) is -0.645. The van der Waals surface area contributed by atoms with E-state index < -0.39 is 18.1 Å². The molecule has 1 aromatic carbocycles. The Balaban J connectivity index is 2.40. The Bertz CT molecular complexity index is 412. The first-order chi connectivity index (χ1) is 10.1. The number of aryl methyl sites for hydroxylation is 1. The van der Waals surface area contributed by atoms with E-state index in [0.29, 0.717) is 12.8 Å². The highest BCUT2D eigenvalue weighted by molar-refractivity contribution is 5.80. The first-order valence-corrected chi connectivity index (χ1v) is 6.92. The zero-order valence-electron chi connectivity index (χ0n) is 12.0. The van der Waals surface area contributed by atoms with Crippen LogP contribution < -0.4 is 5.73 Å². The maximum Gasteiger partial charge on any atom is 0.328 e. The Morgan fingerprint density at radius 3 is 2.48 bits per heavy atom. The summed E-state index contributed by atoms with van der Waals surface area (Å²) in [4.78, 5) is 11.9. The molecular weight excluding hydrogens is 274 g/mol. The third-order valence-electron chi connectivity index (χ3n) is 3.09. The molecule has 1 rings (SSSR count). The number of aliphatic hydroxyl groups excluding tert-OH is 2. The summed E-state index contributed by atoms with van der Waals surface area (Å²) in [6.07, 6.45) is 0.873. The number of ether oxygens (including phenoxy) is 2. The average Bonchev–Trinajstić information content (AvgIpc) is 2.53. The van der Waals surface area contributed by atoms with Crippen molar-refractivity contribution in [2.24, 2.45) is 5.73 Å². The Kier molecular flexibility index (Phi) is 7.92. The van der Waals surface area contributed by atoms with Gasteiger partial charge < -0.3 is 25.4 Å². The maximum atomic E-state index is 11.9. The van der Waals surface area contributed by atoms with Crippen molar-refractivity contribution in [3.05, 3.63) is 35.9 Å². The maximum absolute atomic E-state index is 11.9. The van der Waals surface area contributed by atoms with Gasteiger partial charge in [-0.05, 0) is 18.4 Å². The lowest BCUT2D eigenvalue weighted by atomic mass is 9.93. The number of benzene rings is 1. The van der Waals surface area contributed by atoms with Crippen molar-refractivity contribution in [3.8, 4) is 0 Å². The van der Waals surface area contributed by atoms with Crippen molar-refractivity contribution < 1.29 is 24.5 Å². The third kappa shape index (κ3) is 6.22. The number of hydrogen-bond acceptors (Lipinski definition) is 6. The van der Waals surface area contributed by atoms with E-state index >= 15 is 0 Å². The molecule has 0 bridgehead atoms. The molecule has 6 heteroatoms. The fraction of sp³-hybridized carbons (Fsp3) is 0.533. The molecule has 0 aliphatic heterocycles. The minimum atomic E-state index is -1.41. The second-order valence-electron chi connectivity index (χ2n) is 4.77. The largest absolute Gasteiger partial charge is 0.462 e. The number of carbonyl (C=O) groups is 1. The zero-order chi connectivity index (χ0) is 15.6. The van der Waals surface area contributed by atoms with E-state index in [1.807, 2.05) is 30.3 Å². The normalized spacial score (nSPS) is 13.7. The van der Waals surface area contributed by atoms with E-state index in [9.17, 15) is 9.90 Å². The second kappa shape index (κ2) is 9.46. The van der Waals surface area contributed by atoms with Crippen LogP contribution >= 0.6 is 0 Å². The summed E-state index contributed by atoms with van der Waals surface area (Å²) in [6, 6.07) is 9.59. The van der Waals surface area contributed by atoms with Crippen molar-refractivity contribution in [1.82, 2.24) is 0 Å². The predicted octanol–water partition coefficient (Wildman–Crippen LogP) is -0.139. The highest BCUT2D eigenvalue weighted by Crippen LogP contribution is 2.13. The van der Waals surface area contributed by atoms with Gasteiger partial charge in [0.1, 0.15) is 12.1 Å². The molecule has 0 aliphatic carbocycles. The lowest BCUT2D eigenvalue weighted by Gasteiger charge is -2.25. The van der Waals surface area contributed by atoms with Crippen LogP contribution in [0.4, 0.5) is 0 Å². The second-order valence-corrected chi connectivity index (χ2v) is 4.77. The number of aliphatic hydroxyl groups is 2. The minimum absolute atomic E-state index is 0.0448. The van der Waals surface area contributed by atoms with Gasteiger partial charge in [0, 0.05) is 0 Å². The van der Waals surface area contributed by atoms with Crippen LogP contribution in [0.15, 0.2) is 30.3 Å². The van der Waals surface area contributed by atoms with Crippen LogP contribution in [0.25, 0.3) is 0 Å². The molecule has 1 unspecified atom stereocenters. The molecule has 0 aromatic heterocycles. The van der Waals surface area contributed by atoms with Gasteiger partial charge >= 0.3 is 5.97 Å². The van der Waals surface area contributed by atoms with Crippen LogP contribution in [-0.4, -0.2) is 54.8 Å². The topological polar surface area (TPSA) is 102 Å². The number of nitrogens with two attached hydrogens (primary N) is 1. The van der Waals surface area contributed by atoms with Crippen LogP contribution in [0.2, 0.25) is 0 Å². The standard InChI is InChI=1S/C15H23NO5/c16-15(12-18,7-6-13-4-2-1-3-5-13)14(19)21-11-10-20-9-8-17/h1-5,17-18H,6-12,16H2. The average molecular weight is 297 g/mol. The molecule has 0 heterocycles. The van der Waals surface area contributed by atoms with Crippen molar-refractivity contribution in [3.63, 3.8) is 0 Å². The summed E-state index contributed by atoms with van der Waals surface area (Å²) in [5, 5.41) is 17.9. The summed E-state index contributed by atoms with van der Waals surface area (Å²) < 4.78 is 9.98. The van der Waals surface area contributed by atoms with E-state index in [-0.39, 0.29) is 26.4 Å². The smallest absolute Gasteiger partial charge is 0.328 e. The van der Waals surface area contributed by atoms with Gasteiger partial charge in [-0.3, -0.25) is 0 Å². The molecule has 0 fully saturated rings. The van der Waals surface area contributed by atoms with E-state index in [0.717, 1.165) is 5.56 Å². The van der Waals surface area contributed by atoms with E-state index in [2.05, 4.69) is 0 Å². The van der Waals surface area contributed by atoms with E-state index in [1.54, 1.807) is 0 Å². The van der Waals surface area contributed by atoms with Gasteiger partial charge in [-0.1, -0.05) is 30.3 Å². The van der Waals surface area contributed by atoms with Gasteiger partial charge in [0.2, 0.25) is 0 Å². The van der Waals surface area contributed by atoms with Crippen LogP contribution in [0, 0.1) is 0 Å². The number of carbonyl (C=O) groups excluding carboxylic acids is 1. The lowest BCUT2D eigenvalue weighted by molar-refractivity contribution is -0.153. The molecule has 1 aromatic rings. The highest BCUT2D eigenvalue weighted by atomic mass is 16.6. The molecule has 118 valence electrons. The van der Waals surface area contributed by atoms with Crippen molar-refractivity contribution in [2.75, 3.05) is 33.0 Å². The number of hydrogen-bond donors (Lipinski definition) is 3. The highest BCUT2D eigenvalue weighted by Gasteiger charge is 2.34. The summed E-state index contributed by atoms with van der Waals surface area (Å²) in [7, 11) is 0. The molecule has 0 spiro atoms. The van der Waals surface area contributed by atoms with E-state index in [1.165, 1.54) is 0 Å². The predicted molar refractivity (Wildman–Crippen MR) is 77.6 cm³/mol. The van der Waals surface area contributed by atoms with Gasteiger partial charge in [-0.15, -0.1) is 0 Å². The minimum Gasteiger partial charge on any atom is -0.462 e. The van der Waals surface area contributed by atoms with Crippen molar-refractivity contribution >= 4 is 5.97 Å². The zero-order valence-corrected chi connectivity index (χ0v) is 12.0. The quantitative estimate of drug-likeness (QED) is 0.410. The first-order valence-electron chi connectivity index (χ1n) is 6.92. The molecule has 0 radical (unpaired) electrons. The van der Waals surface area contributed by atoms with Crippen molar-refractivity contribution in [2.45, 2.75) is 18.4 Å². The summed E-state index contributed by atoms with van der Waals surface area (Å²) in [5.41, 5.74) is 5.56. The monoisotopic (exact) mass is 297 g/mol. The molecule has 6 nitrogen and oxygen atoms in total. The lowest BCUT2D eigenvalue weighted by Crippen LogP contribution is -2.52.